The maximum absolute atomic E-state index is 15.8. The van der Waals surface area contributed by atoms with E-state index in [1.807, 2.05) is 34.8 Å². The Bertz CT molecular complexity index is 6770. The fourth-order valence-corrected chi connectivity index (χ4v) is 32.8. The molecule has 18 rings (SSSR count). The molecular formula is C130H140N4O2S6. The molecule has 0 fully saturated rings. The number of unbranched alkanes of at least 4 members (excludes halogenated alkanes) is 24. The van der Waals surface area contributed by atoms with Crippen LogP contribution in [0.4, 0.5) is 0 Å². The van der Waals surface area contributed by atoms with E-state index in [0.29, 0.717) is 44.5 Å². The Kier molecular flexibility index (Phi) is 32.5. The van der Waals surface area contributed by atoms with E-state index in [9.17, 15) is 10.5 Å². The quantitative estimate of drug-likeness (QED) is 0.0165. The van der Waals surface area contributed by atoms with Gasteiger partial charge in [0.2, 0.25) is 0 Å². The molecule has 12 heteroatoms. The highest BCUT2D eigenvalue weighted by atomic mass is 32.1. The smallest absolute Gasteiger partial charge is 0.270 e. The van der Waals surface area contributed by atoms with Crippen molar-refractivity contribution in [3.05, 3.63) is 322 Å². The molecule has 0 N–H and O–H groups in total. The standard InChI is InChI=1S/C130H140N4O2S6/c1-15-23-31-39-47-85-59-86(48-40-32-24-16-2)64-93(63-85)129(94-65-87(49-41-33-25-17-3)60-88(66-94)50-42-34-26-18-4)115-121-111(73-97(137-121)71-107-113(109(79-131)133-13)103-75-99-81(9)55-57-83(11)101(99)77-105(103)119(107)135)139-123(115)125-117(129)127-128(141-125)118-126(142-127)124-116(122-112(140-124)74-98(138-122)72-108-114(110(80-132)134-14)104-76-100-82(10)56-58-84(12)102(100)78-106(104)120(108)136)130(118,95-67-89(51-43-35-27-19-5)61-90(68-95)52-44-36-28-20-6)96-69-91(53-45-37-29-21-7)62-92(70-96)54-46-38-30-22-8/h55-78H,15-54H2,1-12H3/b107-71-,108-72-,113-109+,114-110?. The number of nitriles is 2. The molecule has 8 aromatic carbocycles. The van der Waals surface area contributed by atoms with E-state index in [4.69, 9.17) is 13.1 Å². The molecule has 6 nitrogen and oxygen atoms in total. The van der Waals surface area contributed by atoms with Crippen LogP contribution in [0.3, 0.4) is 0 Å². The number of carbonyl (C=O) groups is 2. The van der Waals surface area contributed by atoms with Crippen LogP contribution in [0.25, 0.3) is 102 Å². The summed E-state index contributed by atoms with van der Waals surface area (Å²) >= 11 is 11.7. The second-order valence-corrected chi connectivity index (χ2v) is 48.0. The van der Waals surface area contributed by atoms with E-state index in [2.05, 4.69) is 261 Å². The maximum atomic E-state index is 15.8. The fraction of sp³-hybridized carbons (Fsp3) is 0.415. The fourth-order valence-electron chi connectivity index (χ4n) is 24.1. The Morgan fingerprint density at radius 1 is 0.296 bits per heavy atom. The van der Waals surface area contributed by atoms with Gasteiger partial charge in [0.25, 0.3) is 11.4 Å². The first kappa shape index (κ1) is 102. The third kappa shape index (κ3) is 19.5. The van der Waals surface area contributed by atoms with Gasteiger partial charge in [-0.15, -0.1) is 68.0 Å². The van der Waals surface area contributed by atoms with Crippen LogP contribution in [0.1, 0.15) is 414 Å². The molecule has 6 aromatic heterocycles. The summed E-state index contributed by atoms with van der Waals surface area (Å²) in [5, 5.41) is 26.3. The van der Waals surface area contributed by atoms with Crippen LogP contribution in [0.15, 0.2) is 156 Å². The summed E-state index contributed by atoms with van der Waals surface area (Å²) in [5.74, 6) is -0.312. The molecule has 0 spiro atoms. The normalized spacial score (nSPS) is 15.1. The van der Waals surface area contributed by atoms with E-state index in [-0.39, 0.29) is 23.0 Å². The number of nitrogens with zero attached hydrogens (tertiary/aromatic N) is 4. The van der Waals surface area contributed by atoms with Gasteiger partial charge in [-0.1, -0.05) is 307 Å². The minimum absolute atomic E-state index is 0.0712. The summed E-state index contributed by atoms with van der Waals surface area (Å²) in [6.45, 7) is 44.4. The average Bonchev–Trinajstić information content (AvgIpc) is 1.47. The van der Waals surface area contributed by atoms with Crippen molar-refractivity contribution in [2.75, 3.05) is 0 Å². The Morgan fingerprint density at radius 3 is 0.761 bits per heavy atom. The molecule has 14 aromatic rings. The van der Waals surface area contributed by atoms with Crippen molar-refractivity contribution in [1.29, 1.82) is 10.5 Å². The molecule has 0 aliphatic heterocycles. The lowest BCUT2D eigenvalue weighted by Gasteiger charge is -2.35. The molecule has 0 unspecified atom stereocenters. The highest BCUT2D eigenvalue weighted by Gasteiger charge is 2.57. The molecule has 0 bridgehead atoms. The number of hydrogen-bond acceptors (Lipinski definition) is 10. The summed E-state index contributed by atoms with van der Waals surface area (Å²) in [5.41, 5.74) is 28.7. The minimum Gasteiger partial charge on any atom is -0.289 e. The summed E-state index contributed by atoms with van der Waals surface area (Å²) in [6, 6.07) is 58.3. The van der Waals surface area contributed by atoms with Gasteiger partial charge in [-0.2, -0.15) is 0 Å². The number of rotatable bonds is 46. The Balaban J connectivity index is 0.988. The molecule has 0 radical (unpaired) electrons. The first-order valence-electron chi connectivity index (χ1n) is 54.3. The molecule has 0 saturated heterocycles. The van der Waals surface area contributed by atoms with Gasteiger partial charge in [0.05, 0.1) is 74.4 Å². The maximum Gasteiger partial charge on any atom is 0.270 e. The second kappa shape index (κ2) is 45.4. The van der Waals surface area contributed by atoms with E-state index in [0.717, 1.165) is 156 Å². The molecule has 0 saturated carbocycles. The van der Waals surface area contributed by atoms with Gasteiger partial charge < -0.3 is 0 Å². The van der Waals surface area contributed by atoms with Crippen LogP contribution in [0.2, 0.25) is 0 Å². The zero-order chi connectivity index (χ0) is 99.0. The predicted octanol–water partition coefficient (Wildman–Crippen LogP) is 39.6. The molecule has 6 heterocycles. The monoisotopic (exact) mass is 1980 g/mol. The van der Waals surface area contributed by atoms with Crippen molar-refractivity contribution in [1.82, 2.24) is 0 Å². The molecule has 142 heavy (non-hydrogen) atoms. The molecule has 728 valence electrons. The highest BCUT2D eigenvalue weighted by molar-refractivity contribution is 7.37. The number of Topliss-reactive ketones (excluding diaryl/α,β-unsaturated/α-hetero) is 2. The lowest BCUT2D eigenvalue weighted by molar-refractivity contribution is 0.103. The van der Waals surface area contributed by atoms with E-state index in [1.54, 1.807) is 22.7 Å². The van der Waals surface area contributed by atoms with Crippen LogP contribution in [0.5, 0.6) is 0 Å². The largest absolute Gasteiger partial charge is 0.289 e. The summed E-state index contributed by atoms with van der Waals surface area (Å²) in [6.07, 6.45) is 49.2. The molecule has 0 atom stereocenters. The number of allylic oxidation sites excluding steroid dienone is 6. The predicted molar refractivity (Wildman–Crippen MR) is 613 cm³/mol. The van der Waals surface area contributed by atoms with Crippen molar-refractivity contribution < 1.29 is 9.59 Å². The number of aryl methyl sites for hydroxylation is 12. The number of thiophene rings is 6. The topological polar surface area (TPSA) is 90.4 Å². The Hall–Kier alpha value is -10.5. The number of ketones is 2. The van der Waals surface area contributed by atoms with Gasteiger partial charge in [0.1, 0.15) is 0 Å². The summed E-state index contributed by atoms with van der Waals surface area (Å²) in [7, 11) is 0. The van der Waals surface area contributed by atoms with Crippen LogP contribution in [-0.2, 0) is 62.2 Å². The van der Waals surface area contributed by atoms with Gasteiger partial charge >= 0.3 is 0 Å². The third-order valence-electron chi connectivity index (χ3n) is 31.4. The molecule has 4 aliphatic carbocycles. The van der Waals surface area contributed by atoms with Crippen molar-refractivity contribution in [2.45, 2.75) is 351 Å². The first-order chi connectivity index (χ1) is 69.4. The minimum atomic E-state index is -0.881. The van der Waals surface area contributed by atoms with Crippen LogP contribution in [-0.4, -0.2) is 11.6 Å². The average molecular weight is 1980 g/mol. The SMILES string of the molecule is [C-]#[N+]C(C#N)=C1/C(=C/c2cc3sc4c(c3s2)C(c2cc(CCCCCC)cc(CCCCCC)c2)(c2cc(CCCCCC)cc(CCCCCC)c2)c2c-4sc3c4c(sc23)-c2sc3cc(/C=C5\C(=O)c6cc7c(C)ccc(C)c7cc6\C5=C(\C#N)[N+]#[C-])sc3c2C4(c2cc(CCCCCC)cc(CCCCCC)c2)c2cc(CCCCCC)cc(CCCCCC)c2)C(=O)c2cc3c(C)ccc(C)c3cc21. The van der Waals surface area contributed by atoms with Crippen molar-refractivity contribution >= 4 is 153 Å². The number of carbonyl (C=O) groups excluding carboxylic acids is 2. The van der Waals surface area contributed by atoms with Gasteiger partial charge in [0, 0.05) is 74.8 Å². The van der Waals surface area contributed by atoms with E-state index in [1.165, 1.54) is 291 Å². The van der Waals surface area contributed by atoms with Crippen LogP contribution < -0.4 is 0 Å². The van der Waals surface area contributed by atoms with Crippen LogP contribution >= 0.6 is 68.0 Å². The zero-order valence-electron chi connectivity index (χ0n) is 86.2. The highest BCUT2D eigenvalue weighted by Crippen LogP contribution is 2.73. The van der Waals surface area contributed by atoms with Gasteiger partial charge in [-0.3, -0.25) is 9.59 Å². The van der Waals surface area contributed by atoms with Gasteiger partial charge in [0.15, 0.2) is 11.6 Å². The zero-order valence-corrected chi connectivity index (χ0v) is 91.1. The van der Waals surface area contributed by atoms with E-state index < -0.39 is 10.8 Å². The molecule has 0 amide bonds. The third-order valence-corrected chi connectivity index (χ3v) is 39.0. The Morgan fingerprint density at radius 2 is 0.528 bits per heavy atom. The molecule has 4 aliphatic rings. The number of fused-ring (bicyclic) bond motifs is 17. The number of benzene rings is 8. The lowest BCUT2D eigenvalue weighted by atomic mass is 9.65. The second-order valence-electron chi connectivity index (χ2n) is 41.7. The van der Waals surface area contributed by atoms with E-state index >= 15 is 9.59 Å². The van der Waals surface area contributed by atoms with Crippen molar-refractivity contribution in [2.24, 2.45) is 0 Å². The van der Waals surface area contributed by atoms with Gasteiger partial charge in [-0.05, 0) is 301 Å². The summed E-state index contributed by atoms with van der Waals surface area (Å²) < 4.78 is 7.55. The van der Waals surface area contributed by atoms with Crippen molar-refractivity contribution in [3.8, 4) is 31.6 Å². The van der Waals surface area contributed by atoms with Gasteiger partial charge in [-0.25, -0.2) is 20.2 Å². The Labute approximate surface area is 869 Å². The van der Waals surface area contributed by atoms with Crippen LogP contribution in [0, 0.1) is 63.5 Å². The molecular weight excluding hydrogens is 1840 g/mol. The number of hydrogen-bond donors (Lipinski definition) is 0. The first-order valence-corrected chi connectivity index (χ1v) is 59.2. The lowest BCUT2D eigenvalue weighted by Crippen LogP contribution is -2.30. The summed E-state index contributed by atoms with van der Waals surface area (Å²) in [4.78, 5) is 46.8. The van der Waals surface area contributed by atoms with Crippen molar-refractivity contribution in [3.63, 3.8) is 0 Å².